The predicted octanol–water partition coefficient (Wildman–Crippen LogP) is 4.30. The number of nitrogens with one attached hydrogen (secondary N) is 2. The van der Waals surface area contributed by atoms with E-state index in [1.807, 2.05) is 42.6 Å². The second kappa shape index (κ2) is 6.84. The minimum Gasteiger partial charge on any atom is -0.359 e. The van der Waals surface area contributed by atoms with Gasteiger partial charge in [-0.05, 0) is 20.8 Å². The highest BCUT2D eigenvalue weighted by Crippen LogP contribution is 2.25. The van der Waals surface area contributed by atoms with Gasteiger partial charge in [-0.15, -0.1) is 11.3 Å². The molecular formula is C17H18N4O2S. The van der Waals surface area contributed by atoms with Crippen LogP contribution in [0.2, 0.25) is 0 Å². The first kappa shape index (κ1) is 16.2. The van der Waals surface area contributed by atoms with Gasteiger partial charge in [-0.3, -0.25) is 0 Å². The molecule has 2 N–H and O–H groups in total. The van der Waals surface area contributed by atoms with E-state index < -0.39 is 0 Å². The van der Waals surface area contributed by atoms with Crippen LogP contribution in [0.1, 0.15) is 29.4 Å². The summed E-state index contributed by atoms with van der Waals surface area (Å²) in [5, 5.41) is 12.3. The standard InChI is InChI=1S/C17H18N4O2S/c1-10-15(12(3)23-21-10)20-17(22)18-11(2)16-19-14(9-24-16)13-7-5-4-6-8-13/h4-9,11H,1-3H3,(H2,18,20,22)/t11-/m0/s1. The summed E-state index contributed by atoms with van der Waals surface area (Å²) in [6, 6.07) is 9.45. The maximum Gasteiger partial charge on any atom is 0.319 e. The molecule has 3 aromatic rings. The Morgan fingerprint density at radius 1 is 1.25 bits per heavy atom. The number of urea groups is 1. The highest BCUT2D eigenvalue weighted by Gasteiger charge is 2.17. The van der Waals surface area contributed by atoms with Gasteiger partial charge in [0.25, 0.3) is 0 Å². The summed E-state index contributed by atoms with van der Waals surface area (Å²) in [6.07, 6.45) is 0. The fourth-order valence-corrected chi connectivity index (χ4v) is 3.13. The van der Waals surface area contributed by atoms with Gasteiger partial charge in [0.2, 0.25) is 0 Å². The minimum absolute atomic E-state index is 0.201. The number of carbonyl (C=O) groups excluding carboxylic acids is 1. The molecule has 1 aromatic carbocycles. The van der Waals surface area contributed by atoms with Crippen LogP contribution in [-0.2, 0) is 0 Å². The largest absolute Gasteiger partial charge is 0.359 e. The van der Waals surface area contributed by atoms with E-state index in [1.165, 1.54) is 11.3 Å². The molecule has 0 unspecified atom stereocenters. The van der Waals surface area contributed by atoms with E-state index in [0.29, 0.717) is 17.1 Å². The fourth-order valence-electron chi connectivity index (χ4n) is 2.30. The van der Waals surface area contributed by atoms with Crippen LogP contribution in [0.4, 0.5) is 10.5 Å². The smallest absolute Gasteiger partial charge is 0.319 e. The summed E-state index contributed by atoms with van der Waals surface area (Å²) in [7, 11) is 0. The Balaban J connectivity index is 1.66. The van der Waals surface area contributed by atoms with Crippen LogP contribution < -0.4 is 10.6 Å². The molecule has 6 nitrogen and oxygen atoms in total. The van der Waals surface area contributed by atoms with E-state index in [4.69, 9.17) is 4.52 Å². The zero-order valence-electron chi connectivity index (χ0n) is 13.7. The van der Waals surface area contributed by atoms with Gasteiger partial charge in [0.15, 0.2) is 5.76 Å². The number of carbonyl (C=O) groups is 1. The Bertz CT molecular complexity index is 822. The Kier molecular flexibility index (Phi) is 4.61. The van der Waals surface area contributed by atoms with Crippen molar-refractivity contribution < 1.29 is 9.32 Å². The number of thiazole rings is 1. The molecule has 1 atom stereocenters. The second-order valence-corrected chi connectivity index (χ2v) is 6.35. The number of aryl methyl sites for hydroxylation is 2. The Morgan fingerprint density at radius 3 is 2.67 bits per heavy atom. The first-order valence-electron chi connectivity index (χ1n) is 7.56. The number of nitrogens with zero attached hydrogens (tertiary/aromatic N) is 2. The van der Waals surface area contributed by atoms with Crippen molar-refractivity contribution in [3.05, 3.63) is 52.2 Å². The zero-order chi connectivity index (χ0) is 17.1. The number of rotatable bonds is 4. The zero-order valence-corrected chi connectivity index (χ0v) is 14.5. The molecule has 0 saturated heterocycles. The highest BCUT2D eigenvalue weighted by molar-refractivity contribution is 7.10. The van der Waals surface area contributed by atoms with Gasteiger partial charge in [-0.25, -0.2) is 9.78 Å². The lowest BCUT2D eigenvalue weighted by Gasteiger charge is -2.12. The number of aromatic nitrogens is 2. The molecule has 2 amide bonds. The molecular weight excluding hydrogens is 324 g/mol. The van der Waals surface area contributed by atoms with Crippen molar-refractivity contribution in [3.8, 4) is 11.3 Å². The minimum atomic E-state index is -0.312. The molecule has 24 heavy (non-hydrogen) atoms. The molecule has 0 bridgehead atoms. The molecule has 124 valence electrons. The molecule has 0 fully saturated rings. The van der Waals surface area contributed by atoms with Crippen LogP contribution in [0.15, 0.2) is 40.2 Å². The second-order valence-electron chi connectivity index (χ2n) is 5.46. The molecule has 2 heterocycles. The van der Waals surface area contributed by atoms with Crippen molar-refractivity contribution >= 4 is 23.1 Å². The molecule has 7 heteroatoms. The summed E-state index contributed by atoms with van der Waals surface area (Å²) in [6.45, 7) is 5.44. The summed E-state index contributed by atoms with van der Waals surface area (Å²) in [5.74, 6) is 0.580. The third kappa shape index (κ3) is 3.46. The summed E-state index contributed by atoms with van der Waals surface area (Å²) in [4.78, 5) is 16.8. The van der Waals surface area contributed by atoms with Crippen molar-refractivity contribution in [1.29, 1.82) is 0 Å². The maximum absolute atomic E-state index is 12.2. The van der Waals surface area contributed by atoms with E-state index in [-0.39, 0.29) is 12.1 Å². The lowest BCUT2D eigenvalue weighted by molar-refractivity contribution is 0.249. The van der Waals surface area contributed by atoms with Crippen LogP contribution in [0.5, 0.6) is 0 Å². The van der Waals surface area contributed by atoms with Gasteiger partial charge in [0, 0.05) is 10.9 Å². The molecule has 0 spiro atoms. The lowest BCUT2D eigenvalue weighted by atomic mass is 10.2. The number of hydrogen-bond acceptors (Lipinski definition) is 5. The van der Waals surface area contributed by atoms with Crippen LogP contribution in [0.25, 0.3) is 11.3 Å². The molecule has 2 aromatic heterocycles. The summed E-state index contributed by atoms with van der Waals surface area (Å²) < 4.78 is 5.04. The first-order chi connectivity index (χ1) is 11.5. The third-order valence-electron chi connectivity index (χ3n) is 3.58. The molecule has 0 aliphatic carbocycles. The van der Waals surface area contributed by atoms with E-state index in [9.17, 15) is 4.79 Å². The Labute approximate surface area is 143 Å². The molecule has 0 radical (unpaired) electrons. The van der Waals surface area contributed by atoms with Crippen LogP contribution in [0, 0.1) is 13.8 Å². The van der Waals surface area contributed by atoms with Gasteiger partial charge >= 0.3 is 6.03 Å². The number of amides is 2. The van der Waals surface area contributed by atoms with Crippen molar-refractivity contribution in [2.45, 2.75) is 26.8 Å². The fraction of sp³-hybridized carbons (Fsp3) is 0.235. The van der Waals surface area contributed by atoms with Gasteiger partial charge < -0.3 is 15.2 Å². The average molecular weight is 342 g/mol. The van der Waals surface area contributed by atoms with Gasteiger partial charge in [-0.2, -0.15) is 0 Å². The third-order valence-corrected chi connectivity index (χ3v) is 4.61. The van der Waals surface area contributed by atoms with Gasteiger partial charge in [-0.1, -0.05) is 35.5 Å². The molecule has 3 rings (SSSR count). The Morgan fingerprint density at radius 2 is 2.00 bits per heavy atom. The number of benzene rings is 1. The monoisotopic (exact) mass is 342 g/mol. The molecule has 0 aliphatic heterocycles. The lowest BCUT2D eigenvalue weighted by Crippen LogP contribution is -2.31. The molecule has 0 aliphatic rings. The number of hydrogen-bond donors (Lipinski definition) is 2. The summed E-state index contributed by atoms with van der Waals surface area (Å²) in [5.41, 5.74) is 3.22. The van der Waals surface area contributed by atoms with E-state index in [1.54, 1.807) is 13.8 Å². The highest BCUT2D eigenvalue weighted by atomic mass is 32.1. The predicted molar refractivity (Wildman–Crippen MR) is 94.1 cm³/mol. The summed E-state index contributed by atoms with van der Waals surface area (Å²) >= 11 is 1.52. The van der Waals surface area contributed by atoms with Crippen molar-refractivity contribution in [2.24, 2.45) is 0 Å². The van der Waals surface area contributed by atoms with Crippen LogP contribution >= 0.6 is 11.3 Å². The average Bonchev–Trinajstić information content (AvgIpc) is 3.18. The normalized spacial score (nSPS) is 12.0. The van der Waals surface area contributed by atoms with E-state index >= 15 is 0 Å². The molecule has 0 saturated carbocycles. The first-order valence-corrected chi connectivity index (χ1v) is 8.44. The van der Waals surface area contributed by atoms with Crippen molar-refractivity contribution in [2.75, 3.05) is 5.32 Å². The van der Waals surface area contributed by atoms with Crippen LogP contribution in [-0.4, -0.2) is 16.2 Å². The maximum atomic E-state index is 12.2. The quantitative estimate of drug-likeness (QED) is 0.741. The van der Waals surface area contributed by atoms with Gasteiger partial charge in [0.1, 0.15) is 16.4 Å². The van der Waals surface area contributed by atoms with Crippen molar-refractivity contribution in [3.63, 3.8) is 0 Å². The van der Waals surface area contributed by atoms with Crippen LogP contribution in [0.3, 0.4) is 0 Å². The van der Waals surface area contributed by atoms with E-state index in [0.717, 1.165) is 16.3 Å². The topological polar surface area (TPSA) is 80.0 Å². The SMILES string of the molecule is Cc1noc(C)c1NC(=O)N[C@@H](C)c1nc(-c2ccccc2)cs1. The number of anilines is 1. The van der Waals surface area contributed by atoms with Crippen molar-refractivity contribution in [1.82, 2.24) is 15.5 Å². The van der Waals surface area contributed by atoms with Gasteiger partial charge in [0.05, 0.1) is 11.7 Å². The Hall–Kier alpha value is -2.67. The van der Waals surface area contributed by atoms with E-state index in [2.05, 4.69) is 20.8 Å².